The van der Waals surface area contributed by atoms with Gasteiger partial charge in [0.05, 0.1) is 19.6 Å². The lowest BCUT2D eigenvalue weighted by atomic mass is 9.86. The second kappa shape index (κ2) is 11.2. The molecular weight excluding hydrogens is 468 g/mol. The fourth-order valence-corrected chi connectivity index (χ4v) is 4.84. The number of nitrogens with zero attached hydrogens (tertiary/aromatic N) is 3. The maximum Gasteiger partial charge on any atom is 0.408 e. The van der Waals surface area contributed by atoms with Crippen LogP contribution in [0.2, 0.25) is 0 Å². The Morgan fingerprint density at radius 3 is 2.31 bits per heavy atom. The number of carbonyl (C=O) groups excluding carboxylic acids is 2. The highest BCUT2D eigenvalue weighted by molar-refractivity contribution is 5.92. The van der Waals surface area contributed by atoms with Crippen LogP contribution < -0.4 is 19.9 Å². The number of nitrogens with one attached hydrogen (secondary N) is 1. The van der Waals surface area contributed by atoms with E-state index in [9.17, 15) is 24.7 Å². The van der Waals surface area contributed by atoms with E-state index in [4.69, 9.17) is 9.47 Å². The van der Waals surface area contributed by atoms with E-state index < -0.39 is 36.0 Å². The Morgan fingerprint density at radius 1 is 0.972 bits per heavy atom. The summed E-state index contributed by atoms with van der Waals surface area (Å²) in [5.41, 5.74) is 2.65. The second-order valence-corrected chi connectivity index (χ2v) is 8.76. The Balaban J connectivity index is 1.51. The van der Waals surface area contributed by atoms with Crippen molar-refractivity contribution in [1.82, 2.24) is 15.3 Å². The van der Waals surface area contributed by atoms with Crippen molar-refractivity contribution in [2.75, 3.05) is 44.7 Å². The second-order valence-electron chi connectivity index (χ2n) is 8.76. The molecule has 0 bridgehead atoms. The number of piperazine rings is 1. The summed E-state index contributed by atoms with van der Waals surface area (Å²) in [6.07, 6.45) is -2.01. The minimum atomic E-state index is -1.34. The molecule has 4 rings (SSSR count). The monoisotopic (exact) mass is 498 g/mol. The third kappa shape index (κ3) is 5.46. The molecule has 2 saturated heterocycles. The number of hydrogen-bond donors (Lipinski definition) is 3. The number of para-hydroxylation sites is 1. The zero-order valence-electron chi connectivity index (χ0n) is 19.9. The molecule has 3 N–H and O–H groups in total. The molecule has 11 heteroatoms. The quantitative estimate of drug-likeness (QED) is 0.405. The van der Waals surface area contributed by atoms with Crippen LogP contribution in [0.15, 0.2) is 54.6 Å². The van der Waals surface area contributed by atoms with Crippen LogP contribution in [0.1, 0.15) is 6.42 Å². The molecule has 11 nitrogen and oxygen atoms in total. The van der Waals surface area contributed by atoms with Crippen molar-refractivity contribution in [3.8, 4) is 11.5 Å². The number of piperidine rings is 1. The first kappa shape index (κ1) is 25.1. The van der Waals surface area contributed by atoms with Crippen LogP contribution in [-0.4, -0.2) is 90.0 Å². The number of hydrogen-bond acceptors (Lipinski definition) is 7. The maximum absolute atomic E-state index is 13.6. The van der Waals surface area contributed by atoms with Crippen molar-refractivity contribution in [1.29, 1.82) is 0 Å². The minimum absolute atomic E-state index is 0.0494. The van der Waals surface area contributed by atoms with Gasteiger partial charge in [0, 0.05) is 44.4 Å². The van der Waals surface area contributed by atoms with E-state index in [1.54, 1.807) is 34.6 Å². The first-order valence-corrected chi connectivity index (χ1v) is 11.7. The number of carbonyl (C=O) groups is 3. The van der Waals surface area contributed by atoms with Crippen LogP contribution in [0, 0.1) is 5.92 Å². The molecule has 3 amide bonds. The van der Waals surface area contributed by atoms with E-state index in [0.717, 1.165) is 10.6 Å². The van der Waals surface area contributed by atoms with Crippen molar-refractivity contribution in [2.45, 2.75) is 18.6 Å². The maximum atomic E-state index is 13.6. The smallest absolute Gasteiger partial charge is 0.408 e. The van der Waals surface area contributed by atoms with Crippen molar-refractivity contribution in [3.05, 3.63) is 54.6 Å². The van der Waals surface area contributed by atoms with E-state index in [1.807, 2.05) is 30.3 Å². The van der Waals surface area contributed by atoms with Crippen LogP contribution in [0.4, 0.5) is 10.5 Å². The standard InChI is InChI=1S/C25H30N4O7/c1-35-18-8-5-9-19(14-18)36-20-15-21(23(30)26-34)22(29(16-20)25(32)33)24(31)28-12-10-27(11-13-28)17-6-3-2-4-7-17/h2-9,14,20-22,34H,10-13,15-16H2,1H3,(H,26,30)(H,32,33)/t20-,21-,22-/m0/s1. The lowest BCUT2D eigenvalue weighted by molar-refractivity contribution is -0.150. The fourth-order valence-electron chi connectivity index (χ4n) is 4.84. The Hall–Kier alpha value is -3.99. The van der Waals surface area contributed by atoms with Gasteiger partial charge in [0.2, 0.25) is 11.8 Å². The summed E-state index contributed by atoms with van der Waals surface area (Å²) in [5, 5.41) is 19.3. The summed E-state index contributed by atoms with van der Waals surface area (Å²) in [4.78, 5) is 43.1. The lowest BCUT2D eigenvalue weighted by Gasteiger charge is -2.44. The molecule has 0 aliphatic carbocycles. The Labute approximate surface area is 208 Å². The Bertz CT molecular complexity index is 1080. The van der Waals surface area contributed by atoms with Gasteiger partial charge in [-0.1, -0.05) is 24.3 Å². The first-order valence-electron chi connectivity index (χ1n) is 11.7. The number of anilines is 1. The van der Waals surface area contributed by atoms with Gasteiger partial charge in [0.25, 0.3) is 0 Å². The van der Waals surface area contributed by atoms with Crippen molar-refractivity contribution >= 4 is 23.6 Å². The van der Waals surface area contributed by atoms with E-state index >= 15 is 0 Å². The third-order valence-electron chi connectivity index (χ3n) is 6.64. The molecule has 36 heavy (non-hydrogen) atoms. The summed E-state index contributed by atoms with van der Waals surface area (Å²) in [7, 11) is 1.52. The van der Waals surface area contributed by atoms with Crippen LogP contribution in [0.3, 0.4) is 0 Å². The van der Waals surface area contributed by atoms with Gasteiger partial charge < -0.3 is 24.4 Å². The van der Waals surface area contributed by atoms with Gasteiger partial charge in [-0.2, -0.15) is 0 Å². The van der Waals surface area contributed by atoms with Crippen molar-refractivity contribution < 1.29 is 34.2 Å². The Morgan fingerprint density at radius 2 is 1.67 bits per heavy atom. The highest BCUT2D eigenvalue weighted by atomic mass is 16.5. The number of benzene rings is 2. The minimum Gasteiger partial charge on any atom is -0.497 e. The van der Waals surface area contributed by atoms with E-state index in [-0.39, 0.29) is 13.0 Å². The summed E-state index contributed by atoms with van der Waals surface area (Å²) >= 11 is 0. The molecule has 0 spiro atoms. The predicted octanol–water partition coefficient (Wildman–Crippen LogP) is 1.67. The highest BCUT2D eigenvalue weighted by Gasteiger charge is 2.48. The molecule has 2 aliphatic heterocycles. The number of likely N-dealkylation sites (tertiary alicyclic amines) is 1. The molecule has 0 saturated carbocycles. The topological polar surface area (TPSA) is 132 Å². The average Bonchev–Trinajstić information content (AvgIpc) is 2.92. The molecule has 0 unspecified atom stereocenters. The molecule has 2 fully saturated rings. The largest absolute Gasteiger partial charge is 0.497 e. The van der Waals surface area contributed by atoms with Crippen LogP contribution in [-0.2, 0) is 9.59 Å². The van der Waals surface area contributed by atoms with Crippen LogP contribution in [0.5, 0.6) is 11.5 Å². The predicted molar refractivity (Wildman–Crippen MR) is 129 cm³/mol. The molecule has 192 valence electrons. The summed E-state index contributed by atoms with van der Waals surface area (Å²) in [6, 6.07) is 15.4. The van der Waals surface area contributed by atoms with Gasteiger partial charge in [-0.3, -0.25) is 19.7 Å². The lowest BCUT2D eigenvalue weighted by Crippen LogP contribution is -2.64. The number of hydroxylamine groups is 1. The first-order chi connectivity index (χ1) is 17.4. The zero-order valence-corrected chi connectivity index (χ0v) is 19.9. The average molecular weight is 499 g/mol. The van der Waals surface area contributed by atoms with Gasteiger partial charge in [-0.05, 0) is 24.3 Å². The number of carboxylic acid groups (broad SMARTS) is 1. The fraction of sp³-hybridized carbons (Fsp3) is 0.400. The number of amides is 3. The molecule has 3 atom stereocenters. The van der Waals surface area contributed by atoms with Crippen LogP contribution >= 0.6 is 0 Å². The third-order valence-corrected chi connectivity index (χ3v) is 6.64. The number of methoxy groups -OCH3 is 1. The molecule has 0 aromatic heterocycles. The number of rotatable bonds is 6. The zero-order chi connectivity index (χ0) is 25.7. The van der Waals surface area contributed by atoms with Crippen LogP contribution in [0.25, 0.3) is 0 Å². The van der Waals surface area contributed by atoms with E-state index in [0.29, 0.717) is 37.7 Å². The van der Waals surface area contributed by atoms with Gasteiger partial charge in [-0.15, -0.1) is 0 Å². The molecule has 2 heterocycles. The summed E-state index contributed by atoms with van der Waals surface area (Å²) < 4.78 is 11.2. The summed E-state index contributed by atoms with van der Waals surface area (Å²) in [6.45, 7) is 1.81. The van der Waals surface area contributed by atoms with Gasteiger partial charge >= 0.3 is 6.09 Å². The van der Waals surface area contributed by atoms with Crippen molar-refractivity contribution in [3.63, 3.8) is 0 Å². The van der Waals surface area contributed by atoms with Gasteiger partial charge in [0.1, 0.15) is 23.6 Å². The van der Waals surface area contributed by atoms with E-state index in [1.165, 1.54) is 7.11 Å². The van der Waals surface area contributed by atoms with Gasteiger partial charge in [-0.25, -0.2) is 10.3 Å². The molecule has 2 aromatic carbocycles. The molecule has 2 aliphatic rings. The summed E-state index contributed by atoms with van der Waals surface area (Å²) in [5.74, 6) is -1.42. The number of ether oxygens (including phenoxy) is 2. The SMILES string of the molecule is COc1cccc(O[C@H]2C[C@H](C(=O)NO)[C@@H](C(=O)N3CCN(c4ccccc4)CC3)N(C(=O)O)C2)c1. The molecule has 2 aromatic rings. The van der Waals surface area contributed by atoms with Crippen molar-refractivity contribution in [2.24, 2.45) is 5.92 Å². The molecule has 0 radical (unpaired) electrons. The highest BCUT2D eigenvalue weighted by Crippen LogP contribution is 2.30. The normalized spacial score (nSPS) is 22.1. The molecular formula is C25H30N4O7. The van der Waals surface area contributed by atoms with Gasteiger partial charge in [0.15, 0.2) is 0 Å². The van der Waals surface area contributed by atoms with E-state index in [2.05, 4.69) is 4.90 Å². The Kier molecular flexibility index (Phi) is 7.79.